The monoisotopic (exact) mass is 372 g/mol. The van der Waals surface area contributed by atoms with Gasteiger partial charge in [0.25, 0.3) is 5.91 Å². The number of amides is 1. The number of quaternary nitrogens is 1. The van der Waals surface area contributed by atoms with E-state index in [2.05, 4.69) is 30.4 Å². The molecule has 0 spiro atoms. The van der Waals surface area contributed by atoms with Crippen LogP contribution in [0.15, 0.2) is 33.8 Å². The van der Waals surface area contributed by atoms with Gasteiger partial charge in [-0.15, -0.1) is 0 Å². The van der Waals surface area contributed by atoms with E-state index in [1.54, 1.807) is 20.1 Å². The summed E-state index contributed by atoms with van der Waals surface area (Å²) in [6.07, 6.45) is 0. The van der Waals surface area contributed by atoms with Gasteiger partial charge in [0.05, 0.1) is 31.5 Å². The molecule has 6 heteroatoms. The van der Waals surface area contributed by atoms with Crippen molar-refractivity contribution in [3.63, 3.8) is 0 Å². The van der Waals surface area contributed by atoms with Gasteiger partial charge in [-0.1, -0.05) is 0 Å². The number of nitrogens with one attached hydrogen (secondary N) is 2. The summed E-state index contributed by atoms with van der Waals surface area (Å²) in [6.45, 7) is 12.8. The fourth-order valence-electron chi connectivity index (χ4n) is 3.03. The van der Waals surface area contributed by atoms with Gasteiger partial charge >= 0.3 is 0 Å². The van der Waals surface area contributed by atoms with Crippen LogP contribution in [0.3, 0.4) is 0 Å². The van der Waals surface area contributed by atoms with Gasteiger partial charge in [0.2, 0.25) is 0 Å². The highest BCUT2D eigenvalue weighted by atomic mass is 16.5. The first-order chi connectivity index (χ1) is 12.9. The van der Waals surface area contributed by atoms with Gasteiger partial charge in [-0.3, -0.25) is 4.79 Å². The van der Waals surface area contributed by atoms with E-state index in [-0.39, 0.29) is 5.91 Å². The minimum Gasteiger partial charge on any atom is -0.496 e. The number of rotatable bonds is 8. The van der Waals surface area contributed by atoms with E-state index in [0.29, 0.717) is 17.1 Å². The highest BCUT2D eigenvalue weighted by molar-refractivity contribution is 6.01. The molecule has 0 saturated carbocycles. The minimum atomic E-state index is -0.273. The first-order valence-corrected chi connectivity index (χ1v) is 9.32. The zero-order valence-electron chi connectivity index (χ0n) is 17.1. The molecule has 27 heavy (non-hydrogen) atoms. The van der Waals surface area contributed by atoms with E-state index in [1.807, 2.05) is 26.0 Å². The van der Waals surface area contributed by atoms with Crippen molar-refractivity contribution in [3.05, 3.63) is 52.5 Å². The van der Waals surface area contributed by atoms with Crippen LogP contribution in [0, 0.1) is 13.8 Å². The quantitative estimate of drug-likeness (QED) is 0.553. The molecule has 0 unspecified atom stereocenters. The molecule has 0 aliphatic carbocycles. The molecule has 2 aromatic rings. The predicted octanol–water partition coefficient (Wildman–Crippen LogP) is 2.48. The van der Waals surface area contributed by atoms with Crippen LogP contribution in [-0.4, -0.2) is 31.8 Å². The number of hydrogen-bond donors (Lipinski definition) is 2. The maximum Gasteiger partial charge on any atom is 0.274 e. The second-order valence-corrected chi connectivity index (χ2v) is 6.63. The maximum absolute atomic E-state index is 12.3. The lowest BCUT2D eigenvalue weighted by atomic mass is 10.1. The van der Waals surface area contributed by atoms with Gasteiger partial charge in [-0.25, -0.2) is 5.43 Å². The van der Waals surface area contributed by atoms with Crippen molar-refractivity contribution in [2.45, 2.75) is 41.2 Å². The Labute approximate surface area is 161 Å². The van der Waals surface area contributed by atoms with Crippen LogP contribution in [0.1, 0.15) is 53.8 Å². The summed E-state index contributed by atoms with van der Waals surface area (Å²) in [7, 11) is 1.69. The van der Waals surface area contributed by atoms with Crippen molar-refractivity contribution < 1.29 is 18.8 Å². The second-order valence-electron chi connectivity index (χ2n) is 6.63. The van der Waals surface area contributed by atoms with Crippen molar-refractivity contribution >= 4 is 11.6 Å². The van der Waals surface area contributed by atoms with Crippen molar-refractivity contribution in [2.75, 3.05) is 20.2 Å². The number of carbonyl (C=O) groups is 1. The van der Waals surface area contributed by atoms with Crippen molar-refractivity contribution in [2.24, 2.45) is 5.10 Å². The Morgan fingerprint density at radius 1 is 1.22 bits per heavy atom. The van der Waals surface area contributed by atoms with Crippen molar-refractivity contribution in [1.29, 1.82) is 0 Å². The number of benzene rings is 1. The molecule has 0 radical (unpaired) electrons. The van der Waals surface area contributed by atoms with Crippen LogP contribution in [0.5, 0.6) is 5.75 Å². The van der Waals surface area contributed by atoms with Crippen LogP contribution in [0.2, 0.25) is 0 Å². The summed E-state index contributed by atoms with van der Waals surface area (Å²) in [4.78, 5) is 13.8. The first kappa shape index (κ1) is 20.7. The zero-order chi connectivity index (χ0) is 20.0. The standard InChI is InChI=1S/C21H29N3O3/c1-7-24(8-2)13-18-12-17(9-10-20(18)26-6)15(4)22-23-21(25)19-11-14(3)27-16(19)5/h9-12H,7-8,13H2,1-6H3,(H,23,25)/p+1/b22-15-. The number of furan rings is 1. The Bertz CT molecular complexity index is 820. The smallest absolute Gasteiger partial charge is 0.274 e. The molecule has 2 N–H and O–H groups in total. The number of ether oxygens (including phenoxy) is 1. The van der Waals surface area contributed by atoms with Crippen LogP contribution in [0.4, 0.5) is 0 Å². The van der Waals surface area contributed by atoms with Crippen molar-refractivity contribution in [3.8, 4) is 5.75 Å². The van der Waals surface area contributed by atoms with E-state index < -0.39 is 0 Å². The fraction of sp³-hybridized carbons (Fsp3) is 0.429. The molecule has 6 nitrogen and oxygen atoms in total. The van der Waals surface area contributed by atoms with Crippen LogP contribution < -0.4 is 15.1 Å². The summed E-state index contributed by atoms with van der Waals surface area (Å²) in [5.41, 5.74) is 5.95. The SMILES string of the molecule is CC[NH+](CC)Cc1cc(/C(C)=N\NC(=O)c2cc(C)oc2C)ccc1OC. The lowest BCUT2D eigenvalue weighted by Gasteiger charge is -2.18. The van der Waals surface area contributed by atoms with Crippen LogP contribution in [-0.2, 0) is 6.54 Å². The highest BCUT2D eigenvalue weighted by Gasteiger charge is 2.14. The third-order valence-electron chi connectivity index (χ3n) is 4.75. The first-order valence-electron chi connectivity index (χ1n) is 9.32. The van der Waals surface area contributed by atoms with E-state index in [9.17, 15) is 4.79 Å². The third-order valence-corrected chi connectivity index (χ3v) is 4.75. The number of methoxy groups -OCH3 is 1. The molecule has 1 aromatic carbocycles. The Kier molecular flexibility index (Phi) is 7.19. The summed E-state index contributed by atoms with van der Waals surface area (Å²) >= 11 is 0. The van der Waals surface area contributed by atoms with E-state index in [4.69, 9.17) is 9.15 Å². The zero-order valence-corrected chi connectivity index (χ0v) is 17.1. The summed E-state index contributed by atoms with van der Waals surface area (Å²) in [6, 6.07) is 7.71. The molecule has 0 bridgehead atoms. The molecular formula is C21H30N3O3+. The molecule has 0 saturated heterocycles. The number of aryl methyl sites for hydroxylation is 2. The minimum absolute atomic E-state index is 0.273. The normalized spacial score (nSPS) is 11.7. The maximum atomic E-state index is 12.3. The second kappa shape index (κ2) is 9.37. The van der Waals surface area contributed by atoms with E-state index in [1.165, 1.54) is 4.90 Å². The molecule has 0 aliphatic rings. The summed E-state index contributed by atoms with van der Waals surface area (Å²) in [5.74, 6) is 1.90. The molecular weight excluding hydrogens is 342 g/mol. The van der Waals surface area contributed by atoms with Gasteiger partial charge in [-0.2, -0.15) is 5.10 Å². The number of carbonyl (C=O) groups excluding carboxylic acids is 1. The molecule has 1 aromatic heterocycles. The Hall–Kier alpha value is -2.60. The molecule has 146 valence electrons. The Balaban J connectivity index is 2.19. The number of nitrogens with zero attached hydrogens (tertiary/aromatic N) is 1. The average Bonchev–Trinajstić information content (AvgIpc) is 3.01. The molecule has 1 amide bonds. The molecule has 2 rings (SSSR count). The Morgan fingerprint density at radius 2 is 1.93 bits per heavy atom. The highest BCUT2D eigenvalue weighted by Crippen LogP contribution is 2.20. The predicted molar refractivity (Wildman–Crippen MR) is 107 cm³/mol. The molecule has 0 aliphatic heterocycles. The van der Waals surface area contributed by atoms with E-state index in [0.717, 1.165) is 42.2 Å². The van der Waals surface area contributed by atoms with Gasteiger partial charge in [0.1, 0.15) is 23.8 Å². The lowest BCUT2D eigenvalue weighted by molar-refractivity contribution is -0.910. The molecule has 0 atom stereocenters. The van der Waals surface area contributed by atoms with Gasteiger partial charge in [0, 0.05) is 5.56 Å². The van der Waals surface area contributed by atoms with E-state index >= 15 is 0 Å². The van der Waals surface area contributed by atoms with Gasteiger partial charge in [-0.05, 0) is 64.4 Å². The summed E-state index contributed by atoms with van der Waals surface area (Å²) < 4.78 is 10.9. The largest absolute Gasteiger partial charge is 0.496 e. The lowest BCUT2D eigenvalue weighted by Crippen LogP contribution is -3.10. The number of hydrogen-bond acceptors (Lipinski definition) is 4. The topological polar surface area (TPSA) is 68.3 Å². The fourth-order valence-corrected chi connectivity index (χ4v) is 3.03. The average molecular weight is 372 g/mol. The van der Waals surface area contributed by atoms with Crippen LogP contribution >= 0.6 is 0 Å². The molecule has 1 heterocycles. The Morgan fingerprint density at radius 3 is 2.48 bits per heavy atom. The van der Waals surface area contributed by atoms with Crippen LogP contribution in [0.25, 0.3) is 0 Å². The number of hydrazone groups is 1. The van der Waals surface area contributed by atoms with Crippen molar-refractivity contribution in [1.82, 2.24) is 5.43 Å². The van der Waals surface area contributed by atoms with Gasteiger partial charge < -0.3 is 14.1 Å². The molecule has 0 fully saturated rings. The summed E-state index contributed by atoms with van der Waals surface area (Å²) in [5, 5.41) is 4.26. The van der Waals surface area contributed by atoms with Gasteiger partial charge in [0.15, 0.2) is 0 Å². The third kappa shape index (κ3) is 5.20.